The van der Waals surface area contributed by atoms with E-state index in [0.29, 0.717) is 12.5 Å². The molecule has 0 aromatic heterocycles. The number of hydrogen-bond acceptors (Lipinski definition) is 3. The second-order valence-electron chi connectivity index (χ2n) is 5.94. The predicted octanol–water partition coefficient (Wildman–Crippen LogP) is 3.59. The van der Waals surface area contributed by atoms with Crippen LogP contribution >= 0.6 is 0 Å². The van der Waals surface area contributed by atoms with E-state index in [1.165, 1.54) is 24.0 Å². The molecule has 0 atom stereocenters. The Morgan fingerprint density at radius 1 is 1.19 bits per heavy atom. The third-order valence-corrected chi connectivity index (χ3v) is 3.78. The Labute approximate surface area is 129 Å². The number of aliphatic hydroxyl groups is 1. The lowest BCUT2D eigenvalue weighted by Crippen LogP contribution is -2.32. The summed E-state index contributed by atoms with van der Waals surface area (Å²) in [6.07, 6.45) is 2.35. The van der Waals surface area contributed by atoms with Gasteiger partial charge in [0.25, 0.3) is 0 Å². The number of rotatable bonds is 10. The molecule has 0 amide bonds. The fourth-order valence-corrected chi connectivity index (χ4v) is 2.54. The Morgan fingerprint density at radius 2 is 1.95 bits per heavy atom. The molecule has 0 fully saturated rings. The second kappa shape index (κ2) is 9.80. The molecule has 0 radical (unpaired) electrons. The molecule has 3 heteroatoms. The SMILES string of the molecule is CCCCN(CCO)CCOc1ccc(C(C)C)c(C)c1. The molecule has 0 saturated heterocycles. The summed E-state index contributed by atoms with van der Waals surface area (Å²) in [5.41, 5.74) is 2.67. The summed E-state index contributed by atoms with van der Waals surface area (Å²) in [5.74, 6) is 1.49. The second-order valence-corrected chi connectivity index (χ2v) is 5.94. The minimum absolute atomic E-state index is 0.214. The topological polar surface area (TPSA) is 32.7 Å². The van der Waals surface area contributed by atoms with Gasteiger partial charge in [-0.3, -0.25) is 4.90 Å². The summed E-state index contributed by atoms with van der Waals surface area (Å²) in [4.78, 5) is 2.26. The molecular weight excluding hydrogens is 262 g/mol. The Hall–Kier alpha value is -1.06. The lowest BCUT2D eigenvalue weighted by molar-refractivity contribution is 0.167. The number of aliphatic hydroxyl groups excluding tert-OH is 1. The number of unbranched alkanes of at least 4 members (excludes halogenated alkanes) is 1. The van der Waals surface area contributed by atoms with E-state index in [9.17, 15) is 0 Å². The summed E-state index contributed by atoms with van der Waals surface area (Å²) >= 11 is 0. The number of aryl methyl sites for hydroxylation is 1. The van der Waals surface area contributed by atoms with Crippen LogP contribution in [0.5, 0.6) is 5.75 Å². The fraction of sp³-hybridized carbons (Fsp3) is 0.667. The van der Waals surface area contributed by atoms with Crippen molar-refractivity contribution in [1.29, 1.82) is 0 Å². The predicted molar refractivity (Wildman–Crippen MR) is 89.2 cm³/mol. The number of hydrogen-bond donors (Lipinski definition) is 1. The third kappa shape index (κ3) is 6.49. The summed E-state index contributed by atoms with van der Waals surface area (Å²) in [5, 5.41) is 9.09. The van der Waals surface area contributed by atoms with Crippen molar-refractivity contribution in [2.24, 2.45) is 0 Å². The van der Waals surface area contributed by atoms with Crippen LogP contribution in [0, 0.1) is 6.92 Å². The standard InChI is InChI=1S/C18H31NO2/c1-5-6-9-19(10-12-20)11-13-21-17-7-8-18(15(2)3)16(4)14-17/h7-8,14-15,20H,5-6,9-13H2,1-4H3. The van der Waals surface area contributed by atoms with Crippen molar-refractivity contribution in [2.75, 3.05) is 32.8 Å². The first-order chi connectivity index (χ1) is 10.1. The maximum Gasteiger partial charge on any atom is 0.119 e. The summed E-state index contributed by atoms with van der Waals surface area (Å²) in [6.45, 7) is 12.3. The van der Waals surface area contributed by atoms with Gasteiger partial charge in [0.15, 0.2) is 0 Å². The zero-order valence-electron chi connectivity index (χ0n) is 14.1. The van der Waals surface area contributed by atoms with Gasteiger partial charge in [-0.2, -0.15) is 0 Å². The van der Waals surface area contributed by atoms with Crippen LogP contribution in [0.1, 0.15) is 50.7 Å². The molecule has 0 heterocycles. The van der Waals surface area contributed by atoms with Crippen LogP contribution in [0.4, 0.5) is 0 Å². The minimum Gasteiger partial charge on any atom is -0.492 e. The number of benzene rings is 1. The highest BCUT2D eigenvalue weighted by Gasteiger charge is 2.06. The highest BCUT2D eigenvalue weighted by atomic mass is 16.5. The van der Waals surface area contributed by atoms with Crippen LogP contribution in [-0.2, 0) is 0 Å². The molecular formula is C18H31NO2. The molecule has 3 nitrogen and oxygen atoms in total. The van der Waals surface area contributed by atoms with Crippen molar-refractivity contribution in [3.8, 4) is 5.75 Å². The smallest absolute Gasteiger partial charge is 0.119 e. The maximum atomic E-state index is 9.09. The van der Waals surface area contributed by atoms with Gasteiger partial charge < -0.3 is 9.84 Å². The molecule has 0 unspecified atom stereocenters. The van der Waals surface area contributed by atoms with E-state index < -0.39 is 0 Å². The Morgan fingerprint density at radius 3 is 2.52 bits per heavy atom. The number of ether oxygens (including phenoxy) is 1. The van der Waals surface area contributed by atoms with Crippen LogP contribution in [0.15, 0.2) is 18.2 Å². The van der Waals surface area contributed by atoms with Crippen LogP contribution < -0.4 is 4.74 Å². The molecule has 120 valence electrons. The highest BCUT2D eigenvalue weighted by molar-refractivity contribution is 5.36. The minimum atomic E-state index is 0.214. The van der Waals surface area contributed by atoms with Crippen LogP contribution in [-0.4, -0.2) is 42.9 Å². The molecule has 0 saturated carbocycles. The van der Waals surface area contributed by atoms with E-state index in [-0.39, 0.29) is 6.61 Å². The summed E-state index contributed by atoms with van der Waals surface area (Å²) in [7, 11) is 0. The molecule has 1 aromatic rings. The van der Waals surface area contributed by atoms with E-state index in [1.807, 2.05) is 0 Å². The lowest BCUT2D eigenvalue weighted by atomic mass is 9.98. The van der Waals surface area contributed by atoms with E-state index >= 15 is 0 Å². The number of nitrogens with zero attached hydrogens (tertiary/aromatic N) is 1. The van der Waals surface area contributed by atoms with Gasteiger partial charge in [0.1, 0.15) is 12.4 Å². The normalized spacial score (nSPS) is 11.4. The largest absolute Gasteiger partial charge is 0.492 e. The molecule has 1 N–H and O–H groups in total. The molecule has 1 aromatic carbocycles. The lowest BCUT2D eigenvalue weighted by Gasteiger charge is -2.21. The summed E-state index contributed by atoms with van der Waals surface area (Å²) < 4.78 is 5.86. The van der Waals surface area contributed by atoms with Gasteiger partial charge in [-0.25, -0.2) is 0 Å². The van der Waals surface area contributed by atoms with Crippen LogP contribution in [0.3, 0.4) is 0 Å². The zero-order valence-corrected chi connectivity index (χ0v) is 14.1. The first-order valence-corrected chi connectivity index (χ1v) is 8.15. The molecule has 0 aliphatic rings. The van der Waals surface area contributed by atoms with Crippen LogP contribution in [0.25, 0.3) is 0 Å². The van der Waals surface area contributed by atoms with Crippen molar-refractivity contribution < 1.29 is 9.84 Å². The zero-order chi connectivity index (χ0) is 15.7. The quantitative estimate of drug-likeness (QED) is 0.715. The monoisotopic (exact) mass is 293 g/mol. The molecule has 0 spiro atoms. The molecule has 21 heavy (non-hydrogen) atoms. The van der Waals surface area contributed by atoms with Gasteiger partial charge >= 0.3 is 0 Å². The molecule has 1 rings (SSSR count). The van der Waals surface area contributed by atoms with E-state index in [0.717, 1.165) is 25.4 Å². The van der Waals surface area contributed by atoms with Crippen molar-refractivity contribution in [2.45, 2.75) is 46.5 Å². The van der Waals surface area contributed by atoms with E-state index in [2.05, 4.69) is 50.8 Å². The third-order valence-electron chi connectivity index (χ3n) is 3.78. The van der Waals surface area contributed by atoms with E-state index in [1.54, 1.807) is 0 Å². The first-order valence-electron chi connectivity index (χ1n) is 8.15. The Balaban J connectivity index is 2.45. The van der Waals surface area contributed by atoms with Crippen molar-refractivity contribution in [3.63, 3.8) is 0 Å². The average Bonchev–Trinajstić information content (AvgIpc) is 2.44. The van der Waals surface area contributed by atoms with Crippen molar-refractivity contribution in [3.05, 3.63) is 29.3 Å². The van der Waals surface area contributed by atoms with Gasteiger partial charge in [0.05, 0.1) is 6.61 Å². The molecule has 0 aliphatic carbocycles. The maximum absolute atomic E-state index is 9.09. The van der Waals surface area contributed by atoms with Crippen molar-refractivity contribution >= 4 is 0 Å². The fourth-order valence-electron chi connectivity index (χ4n) is 2.54. The van der Waals surface area contributed by atoms with Gasteiger partial charge in [0.2, 0.25) is 0 Å². The molecule has 0 bridgehead atoms. The Bertz CT molecular complexity index is 404. The van der Waals surface area contributed by atoms with Gasteiger partial charge in [-0.1, -0.05) is 33.3 Å². The van der Waals surface area contributed by atoms with Gasteiger partial charge in [-0.15, -0.1) is 0 Å². The van der Waals surface area contributed by atoms with Gasteiger partial charge in [0, 0.05) is 13.1 Å². The highest BCUT2D eigenvalue weighted by Crippen LogP contribution is 2.23. The van der Waals surface area contributed by atoms with Gasteiger partial charge in [-0.05, 0) is 49.1 Å². The van der Waals surface area contributed by atoms with Crippen LogP contribution in [0.2, 0.25) is 0 Å². The molecule has 0 aliphatic heterocycles. The van der Waals surface area contributed by atoms with Crippen molar-refractivity contribution in [1.82, 2.24) is 4.90 Å². The Kier molecular flexibility index (Phi) is 8.40. The average molecular weight is 293 g/mol. The summed E-state index contributed by atoms with van der Waals surface area (Å²) in [6, 6.07) is 6.35. The van der Waals surface area contributed by atoms with E-state index in [4.69, 9.17) is 9.84 Å². The first kappa shape index (κ1) is 18.0.